The molecule has 1 atom stereocenters. The van der Waals surface area contributed by atoms with Crippen molar-refractivity contribution in [2.45, 2.75) is 33.4 Å². The van der Waals surface area contributed by atoms with Crippen LogP contribution in [0.3, 0.4) is 0 Å². The fourth-order valence-electron chi connectivity index (χ4n) is 2.53. The molecule has 2 rings (SSSR count). The predicted octanol–water partition coefficient (Wildman–Crippen LogP) is 0.781. The Morgan fingerprint density at radius 2 is 2.17 bits per heavy atom. The Morgan fingerprint density at radius 1 is 1.44 bits per heavy atom. The van der Waals surface area contributed by atoms with Crippen LogP contribution in [0.1, 0.15) is 25.1 Å². The van der Waals surface area contributed by atoms with Crippen LogP contribution < -0.4 is 0 Å². The average molecular weight is 250 g/mol. The molecule has 18 heavy (non-hydrogen) atoms. The first-order valence-corrected chi connectivity index (χ1v) is 6.55. The molecule has 0 radical (unpaired) electrons. The van der Waals surface area contributed by atoms with E-state index in [1.807, 2.05) is 43.6 Å². The Kier molecular flexibility index (Phi) is 3.71. The highest BCUT2D eigenvalue weighted by atomic mass is 16.2. The summed E-state index contributed by atoms with van der Waals surface area (Å²) in [4.78, 5) is 16.3. The summed E-state index contributed by atoms with van der Waals surface area (Å²) in [7, 11) is 1.93. The van der Waals surface area contributed by atoms with Crippen LogP contribution in [0.15, 0.2) is 6.20 Å². The average Bonchev–Trinajstić information content (AvgIpc) is 2.64. The van der Waals surface area contributed by atoms with Gasteiger partial charge in [-0.25, -0.2) is 0 Å². The smallest absolute Gasteiger partial charge is 0.239 e. The first kappa shape index (κ1) is 13.1. The second-order valence-corrected chi connectivity index (χ2v) is 4.98. The number of aryl methyl sites for hydroxylation is 2. The predicted molar refractivity (Wildman–Crippen MR) is 70.1 cm³/mol. The van der Waals surface area contributed by atoms with E-state index in [4.69, 9.17) is 0 Å². The first-order valence-electron chi connectivity index (χ1n) is 6.55. The molecule has 5 nitrogen and oxygen atoms in total. The van der Waals surface area contributed by atoms with E-state index in [1.165, 1.54) is 5.56 Å². The van der Waals surface area contributed by atoms with Gasteiger partial charge in [0.15, 0.2) is 0 Å². The van der Waals surface area contributed by atoms with Crippen LogP contribution >= 0.6 is 0 Å². The molecule has 0 aromatic carbocycles. The third kappa shape index (κ3) is 2.41. The van der Waals surface area contributed by atoms with Crippen LogP contribution in [0.4, 0.5) is 0 Å². The lowest BCUT2D eigenvalue weighted by Gasteiger charge is -2.38. The maximum Gasteiger partial charge on any atom is 0.239 e. The van der Waals surface area contributed by atoms with Crippen molar-refractivity contribution in [3.63, 3.8) is 0 Å². The van der Waals surface area contributed by atoms with Crippen LogP contribution in [0.25, 0.3) is 0 Å². The van der Waals surface area contributed by atoms with Crippen LogP contribution in [-0.2, 0) is 18.4 Å². The van der Waals surface area contributed by atoms with Gasteiger partial charge in [0.05, 0.1) is 11.7 Å². The Labute approximate surface area is 108 Å². The van der Waals surface area contributed by atoms with Crippen molar-refractivity contribution in [3.8, 4) is 0 Å². The lowest BCUT2D eigenvalue weighted by molar-refractivity contribution is -0.141. The molecule has 1 aliphatic rings. The molecular formula is C13H22N4O. The zero-order valence-electron chi connectivity index (χ0n) is 11.7. The van der Waals surface area contributed by atoms with Crippen molar-refractivity contribution in [2.24, 2.45) is 7.05 Å². The van der Waals surface area contributed by atoms with E-state index in [2.05, 4.69) is 10.00 Å². The number of piperazine rings is 1. The normalized spacial score (nSPS) is 21.7. The molecule has 0 unspecified atom stereocenters. The van der Waals surface area contributed by atoms with Crippen LogP contribution in [0.5, 0.6) is 0 Å². The Morgan fingerprint density at radius 3 is 2.72 bits per heavy atom. The zero-order chi connectivity index (χ0) is 13.3. The van der Waals surface area contributed by atoms with E-state index in [0.29, 0.717) is 0 Å². The maximum absolute atomic E-state index is 12.1. The topological polar surface area (TPSA) is 41.4 Å². The van der Waals surface area contributed by atoms with Gasteiger partial charge in [0, 0.05) is 45.0 Å². The number of nitrogens with zero attached hydrogens (tertiary/aromatic N) is 4. The van der Waals surface area contributed by atoms with Gasteiger partial charge in [0.2, 0.25) is 5.91 Å². The number of amides is 1. The van der Waals surface area contributed by atoms with E-state index in [-0.39, 0.29) is 11.9 Å². The van der Waals surface area contributed by atoms with Crippen molar-refractivity contribution in [3.05, 3.63) is 17.5 Å². The van der Waals surface area contributed by atoms with E-state index in [0.717, 1.165) is 31.9 Å². The number of hydrogen-bond donors (Lipinski definition) is 0. The minimum absolute atomic E-state index is 0.0293. The minimum atomic E-state index is -0.0293. The molecule has 100 valence electrons. The first-order chi connectivity index (χ1) is 8.52. The summed E-state index contributed by atoms with van der Waals surface area (Å²) in [5, 5.41) is 4.35. The van der Waals surface area contributed by atoms with Crippen LogP contribution in [0, 0.1) is 6.92 Å². The molecule has 0 aliphatic carbocycles. The molecule has 1 aromatic heterocycles. The molecule has 1 aliphatic heterocycles. The summed E-state index contributed by atoms with van der Waals surface area (Å²) in [6.45, 7) is 9.44. The van der Waals surface area contributed by atoms with Crippen molar-refractivity contribution in [1.82, 2.24) is 19.6 Å². The van der Waals surface area contributed by atoms with Crippen LogP contribution in [0.2, 0.25) is 0 Å². The third-order valence-electron chi connectivity index (χ3n) is 3.74. The number of hydrogen-bond acceptors (Lipinski definition) is 3. The van der Waals surface area contributed by atoms with E-state index < -0.39 is 0 Å². The molecular weight excluding hydrogens is 228 g/mol. The van der Waals surface area contributed by atoms with E-state index >= 15 is 0 Å². The number of carbonyl (C=O) groups excluding carboxylic acids is 1. The summed E-state index contributed by atoms with van der Waals surface area (Å²) >= 11 is 0. The van der Waals surface area contributed by atoms with Gasteiger partial charge in [-0.2, -0.15) is 5.10 Å². The lowest BCUT2D eigenvalue weighted by atomic mass is 10.1. The standard InChI is InChI=1S/C13H22N4O/c1-5-16-6-7-17(11(3)13(16)18)9-12-8-15(4)14-10(12)2/h8,11H,5-7,9H2,1-4H3/t11-/m0/s1. The molecule has 1 fully saturated rings. The molecule has 0 saturated carbocycles. The molecule has 2 heterocycles. The Hall–Kier alpha value is -1.36. The van der Waals surface area contributed by atoms with Gasteiger partial charge in [0.1, 0.15) is 0 Å². The quantitative estimate of drug-likeness (QED) is 0.796. The summed E-state index contributed by atoms with van der Waals surface area (Å²) < 4.78 is 1.83. The fourth-order valence-corrected chi connectivity index (χ4v) is 2.53. The summed E-state index contributed by atoms with van der Waals surface area (Å²) in [5.41, 5.74) is 2.26. The molecule has 1 saturated heterocycles. The molecule has 0 N–H and O–H groups in total. The lowest BCUT2D eigenvalue weighted by Crippen LogP contribution is -2.55. The van der Waals surface area contributed by atoms with Gasteiger partial charge in [-0.05, 0) is 20.8 Å². The van der Waals surface area contributed by atoms with Crippen molar-refractivity contribution in [1.29, 1.82) is 0 Å². The minimum Gasteiger partial charge on any atom is -0.340 e. The molecule has 1 aromatic rings. The van der Waals surface area contributed by atoms with Gasteiger partial charge < -0.3 is 4.90 Å². The highest BCUT2D eigenvalue weighted by Crippen LogP contribution is 2.16. The van der Waals surface area contributed by atoms with Gasteiger partial charge in [-0.15, -0.1) is 0 Å². The maximum atomic E-state index is 12.1. The molecule has 1 amide bonds. The summed E-state index contributed by atoms with van der Waals surface area (Å²) in [6, 6.07) is -0.0293. The van der Waals surface area contributed by atoms with Gasteiger partial charge in [-0.1, -0.05) is 0 Å². The highest BCUT2D eigenvalue weighted by molar-refractivity contribution is 5.82. The molecule has 5 heteroatoms. The fraction of sp³-hybridized carbons (Fsp3) is 0.692. The summed E-state index contributed by atoms with van der Waals surface area (Å²) in [6.07, 6.45) is 2.04. The number of rotatable bonds is 3. The highest BCUT2D eigenvalue weighted by Gasteiger charge is 2.30. The van der Waals surface area contributed by atoms with Gasteiger partial charge >= 0.3 is 0 Å². The molecule has 0 spiro atoms. The molecule has 0 bridgehead atoms. The van der Waals surface area contributed by atoms with E-state index in [9.17, 15) is 4.79 Å². The van der Waals surface area contributed by atoms with Gasteiger partial charge in [-0.3, -0.25) is 14.4 Å². The second kappa shape index (κ2) is 5.10. The Balaban J connectivity index is 2.07. The SMILES string of the molecule is CCN1CCN(Cc2cn(C)nc2C)[C@@H](C)C1=O. The van der Waals surface area contributed by atoms with Crippen molar-refractivity contribution in [2.75, 3.05) is 19.6 Å². The Bertz CT molecular complexity index is 440. The van der Waals surface area contributed by atoms with Gasteiger partial charge in [0.25, 0.3) is 0 Å². The van der Waals surface area contributed by atoms with Crippen molar-refractivity contribution >= 4 is 5.91 Å². The largest absolute Gasteiger partial charge is 0.340 e. The van der Waals surface area contributed by atoms with Crippen molar-refractivity contribution < 1.29 is 4.79 Å². The van der Waals surface area contributed by atoms with E-state index in [1.54, 1.807) is 0 Å². The third-order valence-corrected chi connectivity index (χ3v) is 3.74. The van der Waals surface area contributed by atoms with Crippen LogP contribution in [-0.4, -0.2) is 51.2 Å². The number of likely N-dealkylation sites (N-methyl/N-ethyl adjacent to an activating group) is 1. The monoisotopic (exact) mass is 250 g/mol. The zero-order valence-corrected chi connectivity index (χ0v) is 11.7. The second-order valence-electron chi connectivity index (χ2n) is 4.98. The number of carbonyl (C=O) groups is 1. The summed E-state index contributed by atoms with van der Waals surface area (Å²) in [5.74, 6) is 0.241. The number of aromatic nitrogens is 2.